The Labute approximate surface area is 151 Å². The molecule has 0 radical (unpaired) electrons. The molecule has 5 nitrogen and oxygen atoms in total. The molecule has 1 amide bonds. The van der Waals surface area contributed by atoms with Crippen LogP contribution in [0.3, 0.4) is 0 Å². The van der Waals surface area contributed by atoms with Gasteiger partial charge in [-0.15, -0.1) is 0 Å². The zero-order valence-corrected chi connectivity index (χ0v) is 14.9. The lowest BCUT2D eigenvalue weighted by Crippen LogP contribution is -2.48. The van der Waals surface area contributed by atoms with Crippen molar-refractivity contribution in [1.29, 1.82) is 5.26 Å². The first-order valence-corrected chi connectivity index (χ1v) is 9.05. The van der Waals surface area contributed by atoms with Gasteiger partial charge >= 0.3 is 0 Å². The Kier molecular flexibility index (Phi) is 3.98. The fourth-order valence-corrected chi connectivity index (χ4v) is 5.11. The number of benzene rings is 1. The first-order valence-electron chi connectivity index (χ1n) is 8.67. The molecule has 2 aromatic rings. The van der Waals surface area contributed by atoms with Crippen molar-refractivity contribution in [2.75, 3.05) is 13.6 Å². The summed E-state index contributed by atoms with van der Waals surface area (Å²) in [6.45, 7) is 0.875. The van der Waals surface area contributed by atoms with Crippen molar-refractivity contribution >= 4 is 28.4 Å². The largest absolute Gasteiger partial charge is 0.369 e. The van der Waals surface area contributed by atoms with Gasteiger partial charge < -0.3 is 15.6 Å². The van der Waals surface area contributed by atoms with E-state index in [1.807, 2.05) is 0 Å². The number of amides is 1. The Hall–Kier alpha value is -2.03. The molecule has 25 heavy (non-hydrogen) atoms. The van der Waals surface area contributed by atoms with E-state index in [2.05, 4.69) is 41.2 Å². The molecular formula is C19H21ClN4O. The van der Waals surface area contributed by atoms with E-state index in [0.717, 1.165) is 30.1 Å². The minimum absolute atomic E-state index is 0.287. The standard InChI is InChI=1S/C19H21ClN4O/c1-24-9-10(5-11(8-21)19(22)25)6-13-12-3-2-4-15-17(12)14(7-16(13)24)18(20)23-15/h2-4,10-11,13,16,23H,5-7,9H2,1H3,(H2,22,25)/t10-,11?,13?,16-/m1/s1. The van der Waals surface area contributed by atoms with Gasteiger partial charge in [-0.3, -0.25) is 4.79 Å². The van der Waals surface area contributed by atoms with Gasteiger partial charge in [0.25, 0.3) is 0 Å². The molecule has 1 aromatic carbocycles. The van der Waals surface area contributed by atoms with Gasteiger partial charge in [0, 0.05) is 29.4 Å². The van der Waals surface area contributed by atoms with Crippen LogP contribution < -0.4 is 5.73 Å². The van der Waals surface area contributed by atoms with Crippen molar-refractivity contribution in [2.24, 2.45) is 17.6 Å². The number of piperidine rings is 1. The molecule has 1 aliphatic carbocycles. The summed E-state index contributed by atoms with van der Waals surface area (Å²) >= 11 is 6.44. The molecular weight excluding hydrogens is 336 g/mol. The van der Waals surface area contributed by atoms with E-state index in [-0.39, 0.29) is 5.92 Å². The fraction of sp³-hybridized carbons (Fsp3) is 0.474. The monoisotopic (exact) mass is 356 g/mol. The number of aromatic nitrogens is 1. The number of primary amides is 1. The molecule has 0 saturated carbocycles. The Balaban J connectivity index is 1.69. The highest BCUT2D eigenvalue weighted by atomic mass is 35.5. The number of fused-ring (bicyclic) bond motifs is 2. The highest BCUT2D eigenvalue weighted by Gasteiger charge is 2.40. The summed E-state index contributed by atoms with van der Waals surface area (Å²) < 4.78 is 0. The van der Waals surface area contributed by atoms with Crippen molar-refractivity contribution in [3.63, 3.8) is 0 Å². The maximum Gasteiger partial charge on any atom is 0.234 e. The second-order valence-corrected chi connectivity index (χ2v) is 7.80. The normalized spacial score (nSPS) is 26.8. The number of nitriles is 1. The summed E-state index contributed by atoms with van der Waals surface area (Å²) in [7, 11) is 2.13. The zero-order valence-electron chi connectivity index (χ0n) is 14.1. The van der Waals surface area contributed by atoms with Gasteiger partial charge in [0.2, 0.25) is 5.91 Å². The quantitative estimate of drug-likeness (QED) is 0.886. The molecule has 1 saturated heterocycles. The van der Waals surface area contributed by atoms with Crippen LogP contribution in [0, 0.1) is 23.2 Å². The summed E-state index contributed by atoms with van der Waals surface area (Å²) in [5.41, 5.74) is 9.00. The van der Waals surface area contributed by atoms with E-state index < -0.39 is 11.8 Å². The molecule has 4 rings (SSSR count). The number of likely N-dealkylation sites (N-methyl/N-ethyl adjacent to an activating group) is 1. The first kappa shape index (κ1) is 16.4. The minimum Gasteiger partial charge on any atom is -0.369 e. The number of likely N-dealkylation sites (tertiary alicyclic amines) is 1. The lowest BCUT2D eigenvalue weighted by Gasteiger charge is -2.46. The highest BCUT2D eigenvalue weighted by Crippen LogP contribution is 2.46. The molecule has 4 atom stereocenters. The summed E-state index contributed by atoms with van der Waals surface area (Å²) in [4.78, 5) is 17.1. The van der Waals surface area contributed by atoms with E-state index in [1.54, 1.807) is 0 Å². The van der Waals surface area contributed by atoms with Crippen molar-refractivity contribution in [1.82, 2.24) is 9.88 Å². The van der Waals surface area contributed by atoms with Crippen LogP contribution in [-0.2, 0) is 11.2 Å². The van der Waals surface area contributed by atoms with Crippen LogP contribution >= 0.6 is 11.6 Å². The number of carbonyl (C=O) groups is 1. The first-order chi connectivity index (χ1) is 12.0. The second-order valence-electron chi connectivity index (χ2n) is 7.43. The van der Waals surface area contributed by atoms with Gasteiger partial charge in [-0.1, -0.05) is 23.7 Å². The molecule has 2 aliphatic rings. The Morgan fingerprint density at radius 1 is 1.56 bits per heavy atom. The number of halogens is 1. The maximum atomic E-state index is 11.5. The van der Waals surface area contributed by atoms with Crippen molar-refractivity contribution in [3.8, 4) is 6.07 Å². The number of H-pyrrole nitrogens is 1. The third-order valence-electron chi connectivity index (χ3n) is 5.95. The van der Waals surface area contributed by atoms with E-state index in [9.17, 15) is 10.1 Å². The Morgan fingerprint density at radius 2 is 2.36 bits per heavy atom. The van der Waals surface area contributed by atoms with E-state index in [4.69, 9.17) is 17.3 Å². The summed E-state index contributed by atoms with van der Waals surface area (Å²) in [5, 5.41) is 11.2. The number of nitrogens with one attached hydrogen (secondary N) is 1. The average molecular weight is 357 g/mol. The Bertz CT molecular complexity index is 883. The lowest BCUT2D eigenvalue weighted by molar-refractivity contribution is -0.120. The molecule has 1 aliphatic heterocycles. The number of nitrogens with zero attached hydrogens (tertiary/aromatic N) is 2. The van der Waals surface area contributed by atoms with Gasteiger partial charge in [-0.25, -0.2) is 0 Å². The molecule has 2 unspecified atom stereocenters. The zero-order chi connectivity index (χ0) is 17.7. The summed E-state index contributed by atoms with van der Waals surface area (Å²) in [5.74, 6) is -0.544. The minimum atomic E-state index is -0.702. The fourth-order valence-electron chi connectivity index (χ4n) is 4.83. The molecule has 0 bridgehead atoms. The third-order valence-corrected chi connectivity index (χ3v) is 6.28. The van der Waals surface area contributed by atoms with Gasteiger partial charge in [0.1, 0.15) is 11.1 Å². The molecule has 0 spiro atoms. The highest BCUT2D eigenvalue weighted by molar-refractivity contribution is 6.32. The van der Waals surface area contributed by atoms with Gasteiger partial charge in [0.05, 0.1) is 6.07 Å². The van der Waals surface area contributed by atoms with Crippen LogP contribution in [-0.4, -0.2) is 35.4 Å². The van der Waals surface area contributed by atoms with Crippen molar-refractivity contribution < 1.29 is 4.79 Å². The number of aromatic amines is 1. The number of nitrogens with two attached hydrogens (primary N) is 1. The topological polar surface area (TPSA) is 85.9 Å². The van der Waals surface area contributed by atoms with Gasteiger partial charge in [0.15, 0.2) is 0 Å². The number of hydrogen-bond donors (Lipinski definition) is 2. The Morgan fingerprint density at radius 3 is 3.08 bits per heavy atom. The SMILES string of the molecule is CN1C[C@H](CC(C#N)C(N)=O)CC2c3cccc4[nH]c(Cl)c(c34)C[C@H]21. The van der Waals surface area contributed by atoms with Crippen LogP contribution in [0.1, 0.15) is 29.9 Å². The van der Waals surface area contributed by atoms with E-state index >= 15 is 0 Å². The van der Waals surface area contributed by atoms with Crippen molar-refractivity contribution in [3.05, 3.63) is 34.5 Å². The van der Waals surface area contributed by atoms with Crippen LogP contribution in [0.15, 0.2) is 18.2 Å². The molecule has 3 N–H and O–H groups in total. The average Bonchev–Trinajstić information content (AvgIpc) is 2.90. The van der Waals surface area contributed by atoms with Gasteiger partial charge in [-0.2, -0.15) is 5.26 Å². The third kappa shape index (κ3) is 2.61. The van der Waals surface area contributed by atoms with E-state index in [0.29, 0.717) is 18.4 Å². The molecule has 6 heteroatoms. The maximum absolute atomic E-state index is 11.5. The van der Waals surface area contributed by atoms with Gasteiger partial charge in [-0.05, 0) is 49.4 Å². The lowest BCUT2D eigenvalue weighted by atomic mass is 9.71. The second kappa shape index (κ2) is 6.05. The predicted octanol–water partition coefficient (Wildman–Crippen LogP) is 2.80. The van der Waals surface area contributed by atoms with Crippen LogP contribution in [0.5, 0.6) is 0 Å². The van der Waals surface area contributed by atoms with Crippen LogP contribution in [0.2, 0.25) is 5.15 Å². The smallest absolute Gasteiger partial charge is 0.234 e. The number of carbonyl (C=O) groups excluding carboxylic acids is 1. The number of hydrogen-bond acceptors (Lipinski definition) is 3. The number of rotatable bonds is 3. The molecule has 2 heterocycles. The molecule has 1 fully saturated rings. The summed E-state index contributed by atoms with van der Waals surface area (Å²) in [6.07, 6.45) is 2.44. The molecule has 1 aromatic heterocycles. The van der Waals surface area contributed by atoms with Crippen LogP contribution in [0.25, 0.3) is 10.9 Å². The molecule has 130 valence electrons. The van der Waals surface area contributed by atoms with E-state index in [1.165, 1.54) is 16.5 Å². The predicted molar refractivity (Wildman–Crippen MR) is 97.2 cm³/mol. The van der Waals surface area contributed by atoms with Crippen molar-refractivity contribution in [2.45, 2.75) is 31.2 Å². The summed E-state index contributed by atoms with van der Waals surface area (Å²) in [6, 6.07) is 8.79. The van der Waals surface area contributed by atoms with Crippen LogP contribution in [0.4, 0.5) is 0 Å².